The predicted molar refractivity (Wildman–Crippen MR) is 74.0 cm³/mol. The molecule has 0 radical (unpaired) electrons. The van der Waals surface area contributed by atoms with E-state index < -0.39 is 23.3 Å². The maximum absolute atomic E-state index is 13.4. The maximum Gasteiger partial charge on any atom is 0.138 e. The Labute approximate surface area is 125 Å². The van der Waals surface area contributed by atoms with Crippen molar-refractivity contribution in [2.24, 2.45) is 0 Å². The van der Waals surface area contributed by atoms with Crippen molar-refractivity contribution in [3.63, 3.8) is 0 Å². The highest BCUT2D eigenvalue weighted by molar-refractivity contribution is 6.31. The standard InChI is InChI=1S/C15H10Cl2F2O/c16-8-15(9-5-10(18)7-11(19)6-9)14(20-15)12-3-1-2-4-13(12)17/h1-7,14H,8H2. The van der Waals surface area contributed by atoms with Crippen molar-refractivity contribution in [1.82, 2.24) is 0 Å². The van der Waals surface area contributed by atoms with Crippen LogP contribution in [0.1, 0.15) is 17.2 Å². The van der Waals surface area contributed by atoms with Crippen LogP contribution in [0.5, 0.6) is 0 Å². The van der Waals surface area contributed by atoms with Crippen LogP contribution in [-0.4, -0.2) is 5.88 Å². The Bertz CT molecular complexity index is 642. The number of epoxide rings is 1. The molecule has 3 rings (SSSR count). The summed E-state index contributed by atoms with van der Waals surface area (Å²) in [5.41, 5.74) is 0.226. The Hall–Kier alpha value is -1.16. The van der Waals surface area contributed by atoms with Gasteiger partial charge in [-0.15, -0.1) is 11.6 Å². The molecule has 0 bridgehead atoms. The molecule has 5 heteroatoms. The van der Waals surface area contributed by atoms with Crippen LogP contribution in [0.15, 0.2) is 42.5 Å². The third-order valence-electron chi connectivity index (χ3n) is 3.43. The van der Waals surface area contributed by atoms with Crippen LogP contribution >= 0.6 is 23.2 Å². The first-order chi connectivity index (χ1) is 9.56. The zero-order chi connectivity index (χ0) is 14.3. The number of alkyl halides is 1. The summed E-state index contributed by atoms with van der Waals surface area (Å²) in [4.78, 5) is 0. The van der Waals surface area contributed by atoms with Gasteiger partial charge in [0.1, 0.15) is 23.3 Å². The number of hydrogen-bond donors (Lipinski definition) is 0. The van der Waals surface area contributed by atoms with E-state index in [4.69, 9.17) is 27.9 Å². The van der Waals surface area contributed by atoms with Crippen molar-refractivity contribution in [2.75, 3.05) is 5.88 Å². The van der Waals surface area contributed by atoms with Gasteiger partial charge in [0.25, 0.3) is 0 Å². The molecule has 20 heavy (non-hydrogen) atoms. The summed E-state index contributed by atoms with van der Waals surface area (Å²) in [7, 11) is 0. The Balaban J connectivity index is 2.02. The quantitative estimate of drug-likeness (QED) is 0.584. The topological polar surface area (TPSA) is 12.5 Å². The normalized spacial score (nSPS) is 24.7. The van der Waals surface area contributed by atoms with E-state index in [9.17, 15) is 8.78 Å². The van der Waals surface area contributed by atoms with Gasteiger partial charge in [0.15, 0.2) is 0 Å². The number of benzene rings is 2. The molecule has 0 aromatic heterocycles. The van der Waals surface area contributed by atoms with Gasteiger partial charge in [0.05, 0.1) is 5.88 Å². The van der Waals surface area contributed by atoms with Crippen LogP contribution in [0.3, 0.4) is 0 Å². The van der Waals surface area contributed by atoms with Crippen molar-refractivity contribution < 1.29 is 13.5 Å². The Morgan fingerprint density at radius 1 is 1.10 bits per heavy atom. The molecular formula is C15H10Cl2F2O. The van der Waals surface area contributed by atoms with Crippen LogP contribution < -0.4 is 0 Å². The Kier molecular flexibility index (Phi) is 3.44. The molecular weight excluding hydrogens is 305 g/mol. The van der Waals surface area contributed by atoms with Gasteiger partial charge < -0.3 is 4.74 Å². The number of hydrogen-bond acceptors (Lipinski definition) is 1. The average Bonchev–Trinajstić information content (AvgIpc) is 3.14. The van der Waals surface area contributed by atoms with E-state index in [1.54, 1.807) is 12.1 Å². The van der Waals surface area contributed by atoms with Crippen LogP contribution in [0, 0.1) is 11.6 Å². The third-order valence-corrected chi connectivity index (χ3v) is 4.17. The van der Waals surface area contributed by atoms with Crippen molar-refractivity contribution in [2.45, 2.75) is 11.7 Å². The molecule has 1 aliphatic heterocycles. The van der Waals surface area contributed by atoms with Gasteiger partial charge in [-0.1, -0.05) is 29.8 Å². The highest BCUT2D eigenvalue weighted by Gasteiger charge is 2.58. The maximum atomic E-state index is 13.4. The second-order valence-corrected chi connectivity index (χ2v) is 5.38. The number of rotatable bonds is 3. The van der Waals surface area contributed by atoms with Gasteiger partial charge in [0, 0.05) is 16.7 Å². The first-order valence-corrected chi connectivity index (χ1v) is 6.93. The van der Waals surface area contributed by atoms with E-state index >= 15 is 0 Å². The van der Waals surface area contributed by atoms with Gasteiger partial charge in [-0.05, 0) is 23.8 Å². The van der Waals surface area contributed by atoms with Crippen LogP contribution in [-0.2, 0) is 10.3 Å². The fraction of sp³-hybridized carbons (Fsp3) is 0.200. The zero-order valence-electron chi connectivity index (χ0n) is 10.2. The molecule has 0 spiro atoms. The largest absolute Gasteiger partial charge is 0.354 e. The van der Waals surface area contributed by atoms with E-state index in [1.165, 1.54) is 12.1 Å². The SMILES string of the molecule is Fc1cc(F)cc(C2(CCl)OC2c2ccccc2Cl)c1. The molecule has 104 valence electrons. The lowest BCUT2D eigenvalue weighted by Gasteiger charge is -2.11. The number of ether oxygens (including phenoxy) is 1. The van der Waals surface area contributed by atoms with E-state index in [2.05, 4.69) is 0 Å². The summed E-state index contributed by atoms with van der Waals surface area (Å²) in [5.74, 6) is -1.22. The minimum atomic E-state index is -0.921. The summed E-state index contributed by atoms with van der Waals surface area (Å²) >= 11 is 12.1. The molecule has 0 N–H and O–H groups in total. The van der Waals surface area contributed by atoms with Gasteiger partial charge in [0.2, 0.25) is 0 Å². The van der Waals surface area contributed by atoms with Crippen molar-refractivity contribution in [3.05, 3.63) is 70.2 Å². The third kappa shape index (κ3) is 2.20. The molecule has 0 aliphatic carbocycles. The van der Waals surface area contributed by atoms with Gasteiger partial charge in [-0.2, -0.15) is 0 Å². The molecule has 1 aliphatic rings. The molecule has 1 saturated heterocycles. The fourth-order valence-corrected chi connectivity index (χ4v) is 2.97. The highest BCUT2D eigenvalue weighted by atomic mass is 35.5. The van der Waals surface area contributed by atoms with Gasteiger partial charge in [-0.3, -0.25) is 0 Å². The highest BCUT2D eigenvalue weighted by Crippen LogP contribution is 2.58. The van der Waals surface area contributed by atoms with E-state index in [1.807, 2.05) is 12.1 Å². The lowest BCUT2D eigenvalue weighted by molar-refractivity contribution is 0.314. The van der Waals surface area contributed by atoms with E-state index in [0.717, 1.165) is 11.6 Å². The van der Waals surface area contributed by atoms with Crippen LogP contribution in [0.4, 0.5) is 8.78 Å². The second kappa shape index (κ2) is 4.99. The minimum absolute atomic E-state index is 0.0891. The van der Waals surface area contributed by atoms with Gasteiger partial charge >= 0.3 is 0 Å². The molecule has 2 atom stereocenters. The molecule has 1 fully saturated rings. The van der Waals surface area contributed by atoms with Gasteiger partial charge in [-0.25, -0.2) is 8.78 Å². The molecule has 1 heterocycles. The average molecular weight is 315 g/mol. The lowest BCUT2D eigenvalue weighted by atomic mass is 9.93. The summed E-state index contributed by atoms with van der Waals surface area (Å²) in [6, 6.07) is 10.5. The Morgan fingerprint density at radius 3 is 2.35 bits per heavy atom. The van der Waals surface area contributed by atoms with Crippen LogP contribution in [0.25, 0.3) is 0 Å². The molecule has 0 amide bonds. The monoisotopic (exact) mass is 314 g/mol. The van der Waals surface area contributed by atoms with Crippen LogP contribution in [0.2, 0.25) is 5.02 Å². The van der Waals surface area contributed by atoms with E-state index in [0.29, 0.717) is 10.6 Å². The van der Waals surface area contributed by atoms with Crippen molar-refractivity contribution in [1.29, 1.82) is 0 Å². The number of halogens is 4. The Morgan fingerprint density at radius 2 is 1.75 bits per heavy atom. The first kappa shape index (κ1) is 13.8. The summed E-state index contributed by atoms with van der Waals surface area (Å²) in [6.45, 7) is 0. The molecule has 2 unspecified atom stereocenters. The van der Waals surface area contributed by atoms with Crippen molar-refractivity contribution >= 4 is 23.2 Å². The summed E-state index contributed by atoms with van der Waals surface area (Å²) < 4.78 is 32.4. The fourth-order valence-electron chi connectivity index (χ4n) is 2.37. The van der Waals surface area contributed by atoms with E-state index in [-0.39, 0.29) is 5.88 Å². The molecule has 0 saturated carbocycles. The second-order valence-electron chi connectivity index (χ2n) is 4.70. The van der Waals surface area contributed by atoms with Crippen molar-refractivity contribution in [3.8, 4) is 0 Å². The minimum Gasteiger partial charge on any atom is -0.354 e. The summed E-state index contributed by atoms with van der Waals surface area (Å²) in [5, 5.41) is 0.543. The zero-order valence-corrected chi connectivity index (χ0v) is 11.8. The smallest absolute Gasteiger partial charge is 0.138 e. The molecule has 2 aromatic carbocycles. The molecule has 2 aromatic rings. The predicted octanol–water partition coefficient (Wildman–Crippen LogP) is 4.82. The first-order valence-electron chi connectivity index (χ1n) is 6.01. The summed E-state index contributed by atoms with van der Waals surface area (Å²) in [6.07, 6.45) is -0.394. The molecule has 1 nitrogen and oxygen atoms in total. The lowest BCUT2D eigenvalue weighted by Crippen LogP contribution is -2.13.